The first kappa shape index (κ1) is 37.8. The van der Waals surface area contributed by atoms with Crippen molar-refractivity contribution in [3.8, 4) is 0 Å². The Morgan fingerprint density at radius 2 is 1.39 bits per heavy atom. The standard InChI is InChI=1S/C14H24S.C13H17F2N2.3CH3.Ti/c1-8-9(2)13-11-6-4-5-7-12(11)15-14(13)10(8)3;1-8(2)17(9(3)4)13(16)12-10(14)6-5-7-11(12)15;;;;/h8-14H,4-7H2,1-3H3;5-9H,1-4H3;3*1H3;/q;4*-1;+4. The molecule has 0 N–H and O–H groups in total. The largest absolute Gasteiger partial charge is 4.00 e. The molecule has 204 valence electrons. The van der Waals surface area contributed by atoms with E-state index in [0.29, 0.717) is 0 Å². The normalized spacial score (nSPS) is 29.8. The second-order valence-corrected chi connectivity index (χ2v) is 12.2. The Labute approximate surface area is 241 Å². The average Bonchev–Trinajstić information content (AvgIpc) is 3.20. The van der Waals surface area contributed by atoms with Crippen molar-refractivity contribution >= 4 is 17.6 Å². The Morgan fingerprint density at radius 3 is 1.89 bits per heavy atom. The summed E-state index contributed by atoms with van der Waals surface area (Å²) in [6, 6.07) is 3.44. The van der Waals surface area contributed by atoms with Crippen molar-refractivity contribution in [2.45, 2.75) is 96.7 Å². The first-order chi connectivity index (χ1) is 15.1. The molecule has 3 fully saturated rings. The van der Waals surface area contributed by atoms with Crippen molar-refractivity contribution in [2.24, 2.45) is 29.6 Å². The van der Waals surface area contributed by atoms with Gasteiger partial charge in [0.1, 0.15) is 11.6 Å². The summed E-state index contributed by atoms with van der Waals surface area (Å²) in [5, 5.41) is 12.1. The summed E-state index contributed by atoms with van der Waals surface area (Å²) in [5.74, 6) is 3.23. The molecule has 6 heteroatoms. The number of hydrogen-bond acceptors (Lipinski definition) is 1. The number of benzene rings is 1. The van der Waals surface area contributed by atoms with E-state index in [0.717, 1.165) is 52.2 Å². The number of thioether (sulfide) groups is 1. The first-order valence-corrected chi connectivity index (χ1v) is 13.4. The maximum Gasteiger partial charge on any atom is 4.00 e. The van der Waals surface area contributed by atoms with Crippen LogP contribution in [-0.4, -0.2) is 33.3 Å². The third-order valence-electron chi connectivity index (χ3n) is 8.29. The summed E-state index contributed by atoms with van der Waals surface area (Å²) < 4.78 is 27.1. The zero-order valence-electron chi connectivity index (χ0n) is 24.3. The molecule has 2 saturated carbocycles. The van der Waals surface area contributed by atoms with Crippen LogP contribution in [-0.2, 0) is 21.7 Å². The number of hydrogen-bond donors (Lipinski definition) is 0. The van der Waals surface area contributed by atoms with Gasteiger partial charge in [-0.05, 0) is 66.6 Å². The fourth-order valence-electron chi connectivity index (χ4n) is 6.49. The molecule has 2 aliphatic carbocycles. The molecule has 4 rings (SSSR count). The molecule has 0 amide bonds. The molecule has 2 nitrogen and oxygen atoms in total. The summed E-state index contributed by atoms with van der Waals surface area (Å²) in [6.45, 7) is 15.0. The summed E-state index contributed by atoms with van der Waals surface area (Å²) in [5.41, 5.74) is -0.366. The van der Waals surface area contributed by atoms with Crippen LogP contribution in [0.4, 0.5) is 8.78 Å². The summed E-state index contributed by atoms with van der Waals surface area (Å²) >= 11 is 2.38. The third-order valence-corrected chi connectivity index (χ3v) is 10.3. The maximum atomic E-state index is 13.5. The smallest absolute Gasteiger partial charge is 0.464 e. The predicted molar refractivity (Wildman–Crippen MR) is 153 cm³/mol. The molecular formula is C30H50F2N2STi. The van der Waals surface area contributed by atoms with Crippen LogP contribution < -0.4 is 0 Å². The quantitative estimate of drug-likeness (QED) is 0.161. The van der Waals surface area contributed by atoms with E-state index in [1.54, 1.807) is 11.3 Å². The Morgan fingerprint density at radius 1 is 0.889 bits per heavy atom. The fraction of sp³-hybridized carbons (Fsp3) is 0.667. The SMILES string of the molecule is CC(C)N(C(=[N-])c1c(F)cccc1F)C(C)C.CC1C(C)C2SC3CCCCC3C2C1C.[CH3-].[CH3-].[CH3-].[Ti+4]. The summed E-state index contributed by atoms with van der Waals surface area (Å²) in [7, 11) is 0. The molecule has 0 spiro atoms. The van der Waals surface area contributed by atoms with Crippen LogP contribution in [0.3, 0.4) is 0 Å². The Hall–Kier alpha value is -0.386. The minimum atomic E-state index is -0.756. The van der Waals surface area contributed by atoms with Crippen LogP contribution in [0.15, 0.2) is 18.2 Å². The number of fused-ring (bicyclic) bond motifs is 3. The molecule has 1 aromatic carbocycles. The van der Waals surface area contributed by atoms with E-state index in [2.05, 4.69) is 32.5 Å². The Balaban J connectivity index is 0. The zero-order chi connectivity index (χ0) is 23.7. The van der Waals surface area contributed by atoms with Gasteiger partial charge in [-0.15, -0.1) is 0 Å². The van der Waals surface area contributed by atoms with Crippen LogP contribution in [0.25, 0.3) is 5.41 Å². The second kappa shape index (κ2) is 15.9. The van der Waals surface area contributed by atoms with Crippen LogP contribution in [0.2, 0.25) is 0 Å². The zero-order valence-corrected chi connectivity index (χ0v) is 26.7. The van der Waals surface area contributed by atoms with Gasteiger partial charge in [0.2, 0.25) is 0 Å². The van der Waals surface area contributed by atoms with E-state index in [9.17, 15) is 14.2 Å². The van der Waals surface area contributed by atoms with Gasteiger partial charge in [-0.2, -0.15) is 11.8 Å². The van der Waals surface area contributed by atoms with Gasteiger partial charge in [-0.3, -0.25) is 0 Å². The predicted octanol–water partition coefficient (Wildman–Crippen LogP) is 8.95. The Kier molecular flexibility index (Phi) is 16.7. The molecule has 7 unspecified atom stereocenters. The van der Waals surface area contributed by atoms with Gasteiger partial charge in [0.15, 0.2) is 0 Å². The molecule has 7 atom stereocenters. The van der Waals surface area contributed by atoms with Crippen LogP contribution in [0, 0.1) is 63.5 Å². The monoisotopic (exact) mass is 556 g/mol. The number of amidine groups is 1. The number of halogens is 2. The molecule has 1 aromatic rings. The van der Waals surface area contributed by atoms with Crippen molar-refractivity contribution in [1.29, 1.82) is 0 Å². The molecule has 0 radical (unpaired) electrons. The summed E-state index contributed by atoms with van der Waals surface area (Å²) in [6.07, 6.45) is 6.09. The molecular weight excluding hydrogens is 506 g/mol. The van der Waals surface area contributed by atoms with Crippen molar-refractivity contribution in [2.75, 3.05) is 0 Å². The molecule has 1 saturated heterocycles. The van der Waals surface area contributed by atoms with Gasteiger partial charge < -0.3 is 32.6 Å². The van der Waals surface area contributed by atoms with Crippen LogP contribution in [0.1, 0.15) is 79.7 Å². The minimum absolute atomic E-state index is 0. The van der Waals surface area contributed by atoms with Crippen molar-refractivity contribution in [3.63, 3.8) is 0 Å². The summed E-state index contributed by atoms with van der Waals surface area (Å²) in [4.78, 5) is 1.57. The van der Waals surface area contributed by atoms with E-state index in [1.165, 1.54) is 25.3 Å². The average molecular weight is 557 g/mol. The van der Waals surface area contributed by atoms with Gasteiger partial charge in [0.25, 0.3) is 0 Å². The van der Waals surface area contributed by atoms with E-state index >= 15 is 0 Å². The third kappa shape index (κ3) is 7.59. The van der Waals surface area contributed by atoms with Gasteiger partial charge >= 0.3 is 21.7 Å². The van der Waals surface area contributed by atoms with Crippen molar-refractivity contribution in [1.82, 2.24) is 4.90 Å². The number of rotatable bonds is 3. The number of nitrogens with zero attached hydrogens (tertiary/aromatic N) is 2. The van der Waals surface area contributed by atoms with E-state index < -0.39 is 11.6 Å². The van der Waals surface area contributed by atoms with Gasteiger partial charge in [0, 0.05) is 16.1 Å². The Bertz CT molecular complexity index is 773. The van der Waals surface area contributed by atoms with E-state index in [-0.39, 0.29) is 67.5 Å². The van der Waals surface area contributed by atoms with Crippen LogP contribution in [0.5, 0.6) is 0 Å². The van der Waals surface area contributed by atoms with E-state index in [4.69, 9.17) is 0 Å². The second-order valence-electron chi connectivity index (χ2n) is 10.8. The van der Waals surface area contributed by atoms with Gasteiger partial charge in [-0.25, -0.2) is 8.78 Å². The van der Waals surface area contributed by atoms with Crippen molar-refractivity contribution in [3.05, 3.63) is 63.1 Å². The fourth-order valence-corrected chi connectivity index (χ4v) is 8.84. The molecule has 3 aliphatic rings. The first-order valence-electron chi connectivity index (χ1n) is 12.5. The van der Waals surface area contributed by atoms with Crippen LogP contribution >= 0.6 is 11.8 Å². The van der Waals surface area contributed by atoms with Gasteiger partial charge in [0.05, 0.1) is 0 Å². The molecule has 1 heterocycles. The molecule has 1 aliphatic heterocycles. The molecule has 36 heavy (non-hydrogen) atoms. The molecule has 0 bridgehead atoms. The molecule has 0 aromatic heterocycles. The maximum absolute atomic E-state index is 13.5. The van der Waals surface area contributed by atoms with Gasteiger partial charge in [-0.1, -0.05) is 73.2 Å². The topological polar surface area (TPSA) is 25.5 Å². The minimum Gasteiger partial charge on any atom is -0.464 e. The van der Waals surface area contributed by atoms with E-state index in [1.807, 2.05) is 27.7 Å². The van der Waals surface area contributed by atoms with Crippen molar-refractivity contribution < 1.29 is 30.5 Å².